The van der Waals surface area contributed by atoms with Gasteiger partial charge in [-0.3, -0.25) is 9.59 Å². The molecule has 0 aliphatic rings. The van der Waals surface area contributed by atoms with Crippen LogP contribution in [0.4, 0.5) is 0 Å². The molecule has 0 aliphatic heterocycles. The molecule has 104 valence electrons. The van der Waals surface area contributed by atoms with E-state index in [1.54, 1.807) is 13.8 Å². The van der Waals surface area contributed by atoms with Crippen molar-refractivity contribution in [3.8, 4) is 0 Å². The molecular weight excluding hydrogens is 236 g/mol. The molecular formula is C12H22N2O4. The Balaban J connectivity index is 5.10. The molecule has 0 saturated carbocycles. The van der Waals surface area contributed by atoms with Crippen molar-refractivity contribution in [2.45, 2.75) is 46.2 Å². The number of likely N-dealkylation sites (N-methyl/N-ethyl adjacent to an activating group) is 1. The summed E-state index contributed by atoms with van der Waals surface area (Å²) in [6.07, 6.45) is 0. The van der Waals surface area contributed by atoms with Crippen molar-refractivity contribution in [3.63, 3.8) is 0 Å². The summed E-state index contributed by atoms with van der Waals surface area (Å²) in [5, 5.41) is 11.6. The first-order valence-corrected chi connectivity index (χ1v) is 5.80. The molecule has 0 aromatic heterocycles. The number of hydrogen-bond donors (Lipinski definition) is 2. The monoisotopic (exact) mass is 258 g/mol. The second-order valence-corrected chi connectivity index (χ2v) is 5.18. The van der Waals surface area contributed by atoms with Gasteiger partial charge in [-0.15, -0.1) is 0 Å². The number of hydrogen-bond acceptors (Lipinski definition) is 3. The largest absolute Gasteiger partial charge is 0.480 e. The Kier molecular flexibility index (Phi) is 5.32. The molecule has 6 nitrogen and oxygen atoms in total. The topological polar surface area (TPSA) is 86.7 Å². The number of nitrogens with one attached hydrogen (secondary N) is 1. The number of carboxylic acids is 1. The molecule has 6 heteroatoms. The zero-order valence-electron chi connectivity index (χ0n) is 11.8. The van der Waals surface area contributed by atoms with E-state index < -0.39 is 23.5 Å². The van der Waals surface area contributed by atoms with Gasteiger partial charge >= 0.3 is 5.97 Å². The smallest absolute Gasteiger partial charge is 0.329 e. The second kappa shape index (κ2) is 5.84. The lowest BCUT2D eigenvalue weighted by molar-refractivity contribution is -0.156. The summed E-state index contributed by atoms with van der Waals surface area (Å²) in [7, 11) is 1.42. The lowest BCUT2D eigenvalue weighted by atomic mass is 9.98. The van der Waals surface area contributed by atoms with Crippen molar-refractivity contribution in [2.75, 3.05) is 7.05 Å². The normalized spacial score (nSPS) is 13.1. The van der Waals surface area contributed by atoms with Crippen LogP contribution in [-0.4, -0.2) is 46.4 Å². The van der Waals surface area contributed by atoms with Crippen LogP contribution in [0.1, 0.15) is 34.6 Å². The van der Waals surface area contributed by atoms with Crippen LogP contribution >= 0.6 is 0 Å². The average Bonchev–Trinajstić information content (AvgIpc) is 2.22. The van der Waals surface area contributed by atoms with Crippen LogP contribution in [0, 0.1) is 5.92 Å². The Labute approximate surface area is 107 Å². The summed E-state index contributed by atoms with van der Waals surface area (Å²) in [5.74, 6) is -1.94. The predicted molar refractivity (Wildman–Crippen MR) is 66.9 cm³/mol. The third-order valence-electron chi connectivity index (χ3n) is 2.98. The van der Waals surface area contributed by atoms with Gasteiger partial charge in [-0.25, -0.2) is 4.79 Å². The molecule has 2 amide bonds. The zero-order chi connectivity index (χ0) is 14.7. The van der Waals surface area contributed by atoms with Gasteiger partial charge in [0.15, 0.2) is 0 Å². The molecule has 1 unspecified atom stereocenters. The summed E-state index contributed by atoms with van der Waals surface area (Å²) < 4.78 is 0. The Hall–Kier alpha value is -1.59. The van der Waals surface area contributed by atoms with Crippen LogP contribution in [-0.2, 0) is 14.4 Å². The number of carbonyl (C=O) groups is 3. The predicted octanol–water partition coefficient (Wildman–Crippen LogP) is 0.469. The molecule has 2 N–H and O–H groups in total. The van der Waals surface area contributed by atoms with E-state index in [9.17, 15) is 14.4 Å². The van der Waals surface area contributed by atoms with Gasteiger partial charge in [0.25, 0.3) is 0 Å². The van der Waals surface area contributed by atoms with Crippen LogP contribution in [0.5, 0.6) is 0 Å². The summed E-state index contributed by atoms with van der Waals surface area (Å²) in [5.41, 5.74) is -1.32. The first kappa shape index (κ1) is 16.4. The van der Waals surface area contributed by atoms with Crippen LogP contribution in [0.2, 0.25) is 0 Å². The van der Waals surface area contributed by atoms with Gasteiger partial charge in [-0.2, -0.15) is 0 Å². The highest BCUT2D eigenvalue weighted by Gasteiger charge is 2.38. The summed E-state index contributed by atoms with van der Waals surface area (Å²) in [4.78, 5) is 35.5. The Bertz CT molecular complexity index is 346. The van der Waals surface area contributed by atoms with E-state index in [1.807, 2.05) is 0 Å². The van der Waals surface area contributed by atoms with Gasteiger partial charge in [-0.1, -0.05) is 13.8 Å². The Morgan fingerprint density at radius 2 is 1.67 bits per heavy atom. The Morgan fingerprint density at radius 3 is 1.94 bits per heavy atom. The van der Waals surface area contributed by atoms with Gasteiger partial charge in [0.1, 0.15) is 11.6 Å². The van der Waals surface area contributed by atoms with E-state index in [2.05, 4.69) is 5.32 Å². The molecule has 0 fully saturated rings. The maximum atomic E-state index is 12.2. The van der Waals surface area contributed by atoms with Crippen molar-refractivity contribution in [2.24, 2.45) is 5.92 Å². The summed E-state index contributed by atoms with van der Waals surface area (Å²) in [6, 6.07) is -0.717. The number of rotatable bonds is 5. The maximum absolute atomic E-state index is 12.2. The van der Waals surface area contributed by atoms with Gasteiger partial charge in [-0.05, 0) is 19.8 Å². The van der Waals surface area contributed by atoms with Gasteiger partial charge in [0.05, 0.1) is 0 Å². The van der Waals surface area contributed by atoms with Gasteiger partial charge < -0.3 is 15.3 Å². The van der Waals surface area contributed by atoms with E-state index in [0.29, 0.717) is 0 Å². The molecule has 0 radical (unpaired) electrons. The van der Waals surface area contributed by atoms with Crippen LogP contribution in [0.3, 0.4) is 0 Å². The van der Waals surface area contributed by atoms with E-state index >= 15 is 0 Å². The molecule has 0 aromatic carbocycles. The van der Waals surface area contributed by atoms with Crippen molar-refractivity contribution in [3.05, 3.63) is 0 Å². The lowest BCUT2D eigenvalue weighted by Crippen LogP contribution is -2.58. The molecule has 0 rings (SSSR count). The van der Waals surface area contributed by atoms with Crippen molar-refractivity contribution < 1.29 is 19.5 Å². The van der Waals surface area contributed by atoms with Crippen LogP contribution in [0.15, 0.2) is 0 Å². The highest BCUT2D eigenvalue weighted by Crippen LogP contribution is 2.16. The third kappa shape index (κ3) is 3.72. The van der Waals surface area contributed by atoms with E-state index in [4.69, 9.17) is 5.11 Å². The van der Waals surface area contributed by atoms with Crippen molar-refractivity contribution in [1.82, 2.24) is 10.2 Å². The van der Waals surface area contributed by atoms with Gasteiger partial charge in [0, 0.05) is 14.0 Å². The maximum Gasteiger partial charge on any atom is 0.329 e. The van der Waals surface area contributed by atoms with E-state index in [-0.39, 0.29) is 11.8 Å². The molecule has 0 bridgehead atoms. The number of amides is 2. The number of carboxylic acid groups (broad SMARTS) is 1. The highest BCUT2D eigenvalue weighted by molar-refractivity contribution is 5.91. The molecule has 0 heterocycles. The highest BCUT2D eigenvalue weighted by atomic mass is 16.4. The van der Waals surface area contributed by atoms with Crippen molar-refractivity contribution in [1.29, 1.82) is 0 Å². The third-order valence-corrected chi connectivity index (χ3v) is 2.98. The minimum atomic E-state index is -1.32. The first-order valence-electron chi connectivity index (χ1n) is 5.80. The first-order chi connectivity index (χ1) is 8.01. The minimum Gasteiger partial charge on any atom is -0.480 e. The quantitative estimate of drug-likeness (QED) is 0.750. The molecule has 18 heavy (non-hydrogen) atoms. The van der Waals surface area contributed by atoms with E-state index in [0.717, 1.165) is 4.90 Å². The zero-order valence-corrected chi connectivity index (χ0v) is 11.8. The molecule has 0 aromatic rings. The number of carbonyl (C=O) groups excluding carboxylic acids is 2. The van der Waals surface area contributed by atoms with Gasteiger partial charge in [0.2, 0.25) is 11.8 Å². The second-order valence-electron chi connectivity index (χ2n) is 5.18. The standard InChI is InChI=1S/C12H22N2O4/c1-7(2)9(13-8(3)15)10(16)14(6)12(4,5)11(17)18/h7,9H,1-6H3,(H,13,15)(H,17,18). The Morgan fingerprint density at radius 1 is 1.22 bits per heavy atom. The van der Waals surface area contributed by atoms with Crippen molar-refractivity contribution >= 4 is 17.8 Å². The summed E-state index contributed by atoms with van der Waals surface area (Å²) >= 11 is 0. The SMILES string of the molecule is CC(=O)NC(C(=O)N(C)C(C)(C)C(=O)O)C(C)C. The fraction of sp³-hybridized carbons (Fsp3) is 0.750. The number of nitrogens with zero attached hydrogens (tertiary/aromatic N) is 1. The fourth-order valence-electron chi connectivity index (χ4n) is 1.36. The molecule has 1 atom stereocenters. The van der Waals surface area contributed by atoms with Crippen LogP contribution in [0.25, 0.3) is 0 Å². The molecule has 0 saturated heterocycles. The van der Waals surface area contributed by atoms with E-state index in [1.165, 1.54) is 27.8 Å². The fourth-order valence-corrected chi connectivity index (χ4v) is 1.36. The van der Waals surface area contributed by atoms with Crippen LogP contribution < -0.4 is 5.32 Å². The molecule has 0 aliphatic carbocycles. The molecule has 0 spiro atoms. The average molecular weight is 258 g/mol. The summed E-state index contributed by atoms with van der Waals surface area (Å²) in [6.45, 7) is 7.79. The minimum absolute atomic E-state index is 0.117. The number of aliphatic carboxylic acids is 1. The lowest BCUT2D eigenvalue weighted by Gasteiger charge is -2.35.